The highest BCUT2D eigenvalue weighted by atomic mass is 15.1. The Kier molecular flexibility index (Phi) is 5.98. The van der Waals surface area contributed by atoms with E-state index in [1.807, 2.05) is 18.2 Å². The van der Waals surface area contributed by atoms with E-state index in [0.29, 0.717) is 5.82 Å². The zero-order chi connectivity index (χ0) is 33.5. The van der Waals surface area contributed by atoms with Crippen LogP contribution in [0, 0.1) is 0 Å². The Morgan fingerprint density at radius 3 is 1.90 bits per heavy atom. The number of benzene rings is 7. The maximum absolute atomic E-state index is 5.32. The smallest absolute Gasteiger partial charge is 0.163 e. The van der Waals surface area contributed by atoms with Crippen LogP contribution in [0.2, 0.25) is 0 Å². The number of aromatic nitrogens is 4. The van der Waals surface area contributed by atoms with Crippen LogP contribution in [0.5, 0.6) is 0 Å². The first kappa shape index (κ1) is 28.1. The van der Waals surface area contributed by atoms with Crippen LogP contribution in [0.25, 0.3) is 89.1 Å². The third-order valence-electron chi connectivity index (χ3n) is 10.5. The number of hydrogen-bond donors (Lipinski definition) is 0. The average molecular weight is 651 g/mol. The van der Waals surface area contributed by atoms with Crippen molar-refractivity contribution in [1.82, 2.24) is 18.9 Å². The Morgan fingerprint density at radius 1 is 0.431 bits per heavy atom. The summed E-state index contributed by atoms with van der Waals surface area (Å²) in [6.45, 7) is 0. The van der Waals surface area contributed by atoms with Gasteiger partial charge in [0, 0.05) is 38.4 Å². The van der Waals surface area contributed by atoms with Crippen molar-refractivity contribution >= 4 is 38.2 Å². The van der Waals surface area contributed by atoms with Crippen LogP contribution in [0.15, 0.2) is 170 Å². The lowest BCUT2D eigenvalue weighted by Gasteiger charge is -2.14. The molecule has 0 N–H and O–H groups in total. The number of rotatable bonds is 4. The number of hydrogen-bond acceptors (Lipinski definition) is 2. The molecule has 11 rings (SSSR count). The summed E-state index contributed by atoms with van der Waals surface area (Å²) in [7, 11) is 0. The van der Waals surface area contributed by atoms with E-state index in [1.54, 1.807) is 0 Å². The molecular formula is C47H30N4. The molecule has 3 aromatic heterocycles. The molecule has 4 heteroatoms. The van der Waals surface area contributed by atoms with Gasteiger partial charge in [0.2, 0.25) is 0 Å². The minimum atomic E-state index is 0.710. The Morgan fingerprint density at radius 2 is 1.10 bits per heavy atom. The van der Waals surface area contributed by atoms with Gasteiger partial charge in [-0.25, -0.2) is 9.97 Å². The van der Waals surface area contributed by atoms with E-state index in [9.17, 15) is 0 Å². The lowest BCUT2D eigenvalue weighted by molar-refractivity contribution is 1.05. The highest BCUT2D eigenvalue weighted by molar-refractivity contribution is 6.11. The van der Waals surface area contributed by atoms with Gasteiger partial charge in [-0.05, 0) is 76.7 Å². The molecule has 4 nitrogen and oxygen atoms in total. The highest BCUT2D eigenvalue weighted by Crippen LogP contribution is 2.43. The molecule has 0 radical (unpaired) electrons. The summed E-state index contributed by atoms with van der Waals surface area (Å²) in [5.41, 5.74) is 14.2. The first-order valence-electron chi connectivity index (χ1n) is 17.5. The number of fused-ring (bicyclic) bond motifs is 9. The normalized spacial score (nSPS) is 12.2. The molecule has 1 aliphatic carbocycles. The topological polar surface area (TPSA) is 35.1 Å². The quantitative estimate of drug-likeness (QED) is 0.190. The third-order valence-corrected chi connectivity index (χ3v) is 10.5. The molecule has 0 saturated carbocycles. The fourth-order valence-corrected chi connectivity index (χ4v) is 8.25. The van der Waals surface area contributed by atoms with Crippen molar-refractivity contribution in [1.29, 1.82) is 0 Å². The highest BCUT2D eigenvalue weighted by Gasteiger charge is 2.23. The largest absolute Gasteiger partial charge is 0.309 e. The van der Waals surface area contributed by atoms with Crippen molar-refractivity contribution < 1.29 is 0 Å². The molecule has 0 fully saturated rings. The van der Waals surface area contributed by atoms with Gasteiger partial charge in [0.25, 0.3) is 0 Å². The summed E-state index contributed by atoms with van der Waals surface area (Å²) >= 11 is 0. The van der Waals surface area contributed by atoms with E-state index in [-0.39, 0.29) is 0 Å². The number of para-hydroxylation sites is 1. The van der Waals surface area contributed by atoms with E-state index < -0.39 is 0 Å². The lowest BCUT2D eigenvalue weighted by Crippen LogP contribution is -2.03. The monoisotopic (exact) mass is 650 g/mol. The zero-order valence-corrected chi connectivity index (χ0v) is 27.7. The van der Waals surface area contributed by atoms with Crippen LogP contribution in [-0.2, 0) is 6.42 Å². The molecule has 0 aliphatic heterocycles. The van der Waals surface area contributed by atoms with Crippen molar-refractivity contribution in [2.75, 3.05) is 0 Å². The van der Waals surface area contributed by atoms with Gasteiger partial charge < -0.3 is 4.57 Å². The maximum atomic E-state index is 5.32. The van der Waals surface area contributed by atoms with E-state index in [0.717, 1.165) is 56.7 Å². The molecule has 51 heavy (non-hydrogen) atoms. The summed E-state index contributed by atoms with van der Waals surface area (Å²) in [6.07, 6.45) is 0.980. The molecule has 0 saturated heterocycles. The van der Waals surface area contributed by atoms with Gasteiger partial charge in [0.15, 0.2) is 5.82 Å². The van der Waals surface area contributed by atoms with Crippen LogP contribution in [0.1, 0.15) is 11.1 Å². The summed E-state index contributed by atoms with van der Waals surface area (Å²) in [5, 5.41) is 4.82. The van der Waals surface area contributed by atoms with Crippen molar-refractivity contribution in [3.8, 4) is 50.8 Å². The standard InChI is InChI=1S/C47H30N4/c1-3-13-30(14-4-1)44-38-20-9-10-21-39(38)47-49-45(31-15-5-2-6-16-31)48-46(51(44)47)32-23-25-35(26-24-32)50-42-22-12-11-19-37(42)41-28-34-27-33-17-7-8-18-36(33)40(34)29-43(41)50/h1-26,28-29H,27H2. The predicted molar refractivity (Wildman–Crippen MR) is 209 cm³/mol. The Bertz CT molecular complexity index is 2970. The van der Waals surface area contributed by atoms with Crippen LogP contribution in [0.3, 0.4) is 0 Å². The van der Waals surface area contributed by atoms with Crippen LogP contribution >= 0.6 is 0 Å². The second-order valence-corrected chi connectivity index (χ2v) is 13.4. The maximum Gasteiger partial charge on any atom is 0.163 e. The van der Waals surface area contributed by atoms with Crippen LogP contribution in [-0.4, -0.2) is 18.9 Å². The van der Waals surface area contributed by atoms with E-state index in [2.05, 4.69) is 161 Å². The third kappa shape index (κ3) is 4.20. The molecular weight excluding hydrogens is 621 g/mol. The molecule has 0 atom stereocenters. The molecule has 10 aromatic rings. The van der Waals surface area contributed by atoms with E-state index in [1.165, 1.54) is 44.1 Å². The second kappa shape index (κ2) is 10.9. The number of nitrogens with zero attached hydrogens (tertiary/aromatic N) is 4. The fraction of sp³-hybridized carbons (Fsp3) is 0.0213. The molecule has 7 aromatic carbocycles. The van der Waals surface area contributed by atoms with Gasteiger partial charge >= 0.3 is 0 Å². The predicted octanol–water partition coefficient (Wildman–Crippen LogP) is 11.6. The van der Waals surface area contributed by atoms with Gasteiger partial charge in [-0.15, -0.1) is 0 Å². The molecule has 1 aliphatic rings. The molecule has 0 unspecified atom stereocenters. The molecule has 0 amide bonds. The van der Waals surface area contributed by atoms with E-state index >= 15 is 0 Å². The summed E-state index contributed by atoms with van der Waals surface area (Å²) in [4.78, 5) is 10.5. The fourth-order valence-electron chi connectivity index (χ4n) is 8.25. The molecule has 0 bridgehead atoms. The van der Waals surface area contributed by atoms with Crippen molar-refractivity contribution in [3.63, 3.8) is 0 Å². The Labute approximate surface area is 294 Å². The van der Waals surface area contributed by atoms with Gasteiger partial charge in [0.05, 0.1) is 16.7 Å². The van der Waals surface area contributed by atoms with Crippen LogP contribution in [0.4, 0.5) is 0 Å². The minimum Gasteiger partial charge on any atom is -0.309 e. The van der Waals surface area contributed by atoms with Crippen molar-refractivity contribution in [2.24, 2.45) is 0 Å². The minimum absolute atomic E-state index is 0.710. The van der Waals surface area contributed by atoms with Crippen molar-refractivity contribution in [3.05, 3.63) is 181 Å². The zero-order valence-electron chi connectivity index (χ0n) is 27.7. The lowest BCUT2D eigenvalue weighted by atomic mass is 10.0. The van der Waals surface area contributed by atoms with Crippen LogP contribution < -0.4 is 0 Å². The first-order chi connectivity index (χ1) is 25.3. The van der Waals surface area contributed by atoms with Crippen molar-refractivity contribution in [2.45, 2.75) is 6.42 Å². The molecule has 0 spiro atoms. The molecule has 238 valence electrons. The Balaban J connectivity index is 1.15. The van der Waals surface area contributed by atoms with E-state index in [4.69, 9.17) is 9.97 Å². The summed E-state index contributed by atoms with van der Waals surface area (Å²) < 4.78 is 4.67. The average Bonchev–Trinajstić information content (AvgIpc) is 3.85. The van der Waals surface area contributed by atoms with Gasteiger partial charge in [-0.2, -0.15) is 0 Å². The van der Waals surface area contributed by atoms with Gasteiger partial charge in [0.1, 0.15) is 11.5 Å². The second-order valence-electron chi connectivity index (χ2n) is 13.4. The molecule has 3 heterocycles. The summed E-state index contributed by atoms with van der Waals surface area (Å²) in [5.74, 6) is 1.57. The van der Waals surface area contributed by atoms with Gasteiger partial charge in [-0.3, -0.25) is 4.40 Å². The SMILES string of the molecule is c1ccc(-c2nc(-c3ccc(-n4c5ccccc5c5cc6c(cc54)-c4ccccc4C6)cc3)n3c(-c4ccccc4)c4ccccc4c3n2)cc1. The first-order valence-corrected chi connectivity index (χ1v) is 17.5. The van der Waals surface area contributed by atoms with Gasteiger partial charge in [-0.1, -0.05) is 127 Å². The Hall–Kier alpha value is -6.78. The summed E-state index contributed by atoms with van der Waals surface area (Å²) in [6, 6.07) is 60.8.